The fraction of sp³-hybridized carbons (Fsp3) is 1.00. The average molecular weight is 219 g/mol. The SMILES string of the molecule is CC(N)CC(C)S(=O)C1CCOCC1. The molecule has 3 unspecified atom stereocenters. The largest absolute Gasteiger partial charge is 0.381 e. The smallest absolute Gasteiger partial charge is 0.0477 e. The molecule has 4 heteroatoms. The van der Waals surface area contributed by atoms with Crippen LogP contribution in [0.25, 0.3) is 0 Å². The zero-order valence-electron chi connectivity index (χ0n) is 9.07. The van der Waals surface area contributed by atoms with Crippen molar-refractivity contribution in [2.75, 3.05) is 13.2 Å². The highest BCUT2D eigenvalue weighted by Gasteiger charge is 2.24. The molecule has 0 radical (unpaired) electrons. The van der Waals surface area contributed by atoms with Gasteiger partial charge < -0.3 is 10.5 Å². The second-order valence-corrected chi connectivity index (χ2v) is 6.29. The Morgan fingerprint density at radius 2 is 2.00 bits per heavy atom. The molecule has 0 saturated carbocycles. The predicted molar refractivity (Wildman–Crippen MR) is 59.7 cm³/mol. The van der Waals surface area contributed by atoms with E-state index in [4.69, 9.17) is 10.5 Å². The lowest BCUT2D eigenvalue weighted by atomic mass is 10.2. The Labute approximate surface area is 88.8 Å². The van der Waals surface area contributed by atoms with Crippen LogP contribution in [0.2, 0.25) is 0 Å². The molecule has 1 saturated heterocycles. The maximum absolute atomic E-state index is 12.0. The summed E-state index contributed by atoms with van der Waals surface area (Å²) in [6.07, 6.45) is 2.73. The van der Waals surface area contributed by atoms with Crippen LogP contribution in [0.4, 0.5) is 0 Å². The lowest BCUT2D eigenvalue weighted by Gasteiger charge is -2.25. The van der Waals surface area contributed by atoms with Gasteiger partial charge in [0.25, 0.3) is 0 Å². The highest BCUT2D eigenvalue weighted by atomic mass is 32.2. The van der Waals surface area contributed by atoms with Gasteiger partial charge in [-0.15, -0.1) is 0 Å². The molecule has 0 spiro atoms. The van der Waals surface area contributed by atoms with E-state index in [1.807, 2.05) is 13.8 Å². The first-order chi connectivity index (χ1) is 6.61. The molecule has 1 rings (SSSR count). The molecule has 3 nitrogen and oxygen atoms in total. The van der Waals surface area contributed by atoms with E-state index in [9.17, 15) is 4.21 Å². The molecule has 2 N–H and O–H groups in total. The van der Waals surface area contributed by atoms with Gasteiger partial charge in [0.05, 0.1) is 0 Å². The van der Waals surface area contributed by atoms with Crippen molar-refractivity contribution >= 4 is 10.8 Å². The summed E-state index contributed by atoms with van der Waals surface area (Å²) in [6, 6.07) is 0.147. The molecule has 3 atom stereocenters. The van der Waals surface area contributed by atoms with Gasteiger partial charge in [0.2, 0.25) is 0 Å². The van der Waals surface area contributed by atoms with E-state index in [1.165, 1.54) is 0 Å². The minimum absolute atomic E-state index is 0.147. The molecule has 1 heterocycles. The molecule has 84 valence electrons. The second-order valence-electron chi connectivity index (χ2n) is 4.16. The molecule has 0 aromatic heterocycles. The van der Waals surface area contributed by atoms with Crippen molar-refractivity contribution in [1.29, 1.82) is 0 Å². The van der Waals surface area contributed by atoms with Gasteiger partial charge in [-0.3, -0.25) is 4.21 Å². The van der Waals surface area contributed by atoms with Crippen LogP contribution in [0.1, 0.15) is 33.1 Å². The van der Waals surface area contributed by atoms with Crippen LogP contribution in [-0.2, 0) is 15.5 Å². The standard InChI is InChI=1S/C10H21NO2S/c1-8(11)7-9(2)14(12)10-3-5-13-6-4-10/h8-10H,3-7,11H2,1-2H3. The van der Waals surface area contributed by atoms with Gasteiger partial charge >= 0.3 is 0 Å². The van der Waals surface area contributed by atoms with Gasteiger partial charge in [0.15, 0.2) is 0 Å². The van der Waals surface area contributed by atoms with Crippen LogP contribution in [-0.4, -0.2) is 34.0 Å². The molecule has 0 amide bonds. The minimum atomic E-state index is -0.732. The summed E-state index contributed by atoms with van der Waals surface area (Å²) in [5.74, 6) is 0. The molecule has 0 bridgehead atoms. The number of ether oxygens (including phenoxy) is 1. The average Bonchev–Trinajstić information content (AvgIpc) is 2.17. The quantitative estimate of drug-likeness (QED) is 0.768. The van der Waals surface area contributed by atoms with E-state index < -0.39 is 10.8 Å². The number of nitrogens with two attached hydrogens (primary N) is 1. The Morgan fingerprint density at radius 1 is 1.43 bits per heavy atom. The number of rotatable bonds is 4. The van der Waals surface area contributed by atoms with Crippen molar-refractivity contribution in [2.45, 2.75) is 49.7 Å². The third kappa shape index (κ3) is 3.67. The highest BCUT2D eigenvalue weighted by molar-refractivity contribution is 7.86. The Balaban J connectivity index is 2.38. The summed E-state index contributed by atoms with van der Waals surface area (Å²) in [5.41, 5.74) is 5.70. The molecular formula is C10H21NO2S. The molecule has 0 aliphatic carbocycles. The predicted octanol–water partition coefficient (Wildman–Crippen LogP) is 1.04. The summed E-state index contributed by atoms with van der Waals surface area (Å²) in [7, 11) is -0.732. The number of hydrogen-bond acceptors (Lipinski definition) is 3. The van der Waals surface area contributed by atoms with Gasteiger partial charge in [0.1, 0.15) is 0 Å². The van der Waals surface area contributed by atoms with Crippen molar-refractivity contribution in [1.82, 2.24) is 0 Å². The Kier molecular flexibility index (Phi) is 5.06. The first-order valence-corrected chi connectivity index (χ1v) is 6.61. The Bertz CT molecular complexity index is 191. The maximum atomic E-state index is 12.0. The van der Waals surface area contributed by atoms with Crippen LogP contribution >= 0.6 is 0 Å². The lowest BCUT2D eigenvalue weighted by Crippen LogP contribution is -2.33. The van der Waals surface area contributed by atoms with Crippen molar-refractivity contribution < 1.29 is 8.95 Å². The number of hydrogen-bond donors (Lipinski definition) is 1. The highest BCUT2D eigenvalue weighted by Crippen LogP contribution is 2.18. The summed E-state index contributed by atoms with van der Waals surface area (Å²) in [5, 5.41) is 0.551. The molecule has 0 aromatic carbocycles. The molecular weight excluding hydrogens is 198 g/mol. The molecule has 1 fully saturated rings. The van der Waals surface area contributed by atoms with Crippen molar-refractivity contribution in [3.63, 3.8) is 0 Å². The topological polar surface area (TPSA) is 52.3 Å². The third-order valence-corrected chi connectivity index (χ3v) is 4.71. The molecule has 14 heavy (non-hydrogen) atoms. The van der Waals surface area contributed by atoms with Crippen LogP contribution in [0.5, 0.6) is 0 Å². The minimum Gasteiger partial charge on any atom is -0.381 e. The molecule has 0 aromatic rings. The summed E-state index contributed by atoms with van der Waals surface area (Å²) in [6.45, 7) is 5.54. The van der Waals surface area contributed by atoms with E-state index >= 15 is 0 Å². The normalized spacial score (nSPS) is 25.6. The van der Waals surface area contributed by atoms with Gasteiger partial charge in [-0.05, 0) is 26.2 Å². The van der Waals surface area contributed by atoms with Crippen molar-refractivity contribution in [2.24, 2.45) is 5.73 Å². The summed E-state index contributed by atoms with van der Waals surface area (Å²) < 4.78 is 17.3. The maximum Gasteiger partial charge on any atom is 0.0477 e. The molecule has 1 aliphatic heterocycles. The zero-order chi connectivity index (χ0) is 10.6. The van der Waals surface area contributed by atoms with E-state index in [-0.39, 0.29) is 11.3 Å². The van der Waals surface area contributed by atoms with Gasteiger partial charge in [-0.1, -0.05) is 6.92 Å². The monoisotopic (exact) mass is 219 g/mol. The van der Waals surface area contributed by atoms with Gasteiger partial charge in [-0.2, -0.15) is 0 Å². The Morgan fingerprint density at radius 3 is 2.50 bits per heavy atom. The van der Waals surface area contributed by atoms with Gasteiger partial charge in [0, 0.05) is 40.6 Å². The van der Waals surface area contributed by atoms with Crippen molar-refractivity contribution in [3.05, 3.63) is 0 Å². The van der Waals surface area contributed by atoms with E-state index in [2.05, 4.69) is 0 Å². The van der Waals surface area contributed by atoms with E-state index in [1.54, 1.807) is 0 Å². The van der Waals surface area contributed by atoms with Gasteiger partial charge in [-0.25, -0.2) is 0 Å². The van der Waals surface area contributed by atoms with E-state index in [0.29, 0.717) is 5.25 Å². The van der Waals surface area contributed by atoms with Crippen LogP contribution in [0, 0.1) is 0 Å². The zero-order valence-corrected chi connectivity index (χ0v) is 9.89. The molecule has 1 aliphatic rings. The fourth-order valence-corrected chi connectivity index (χ4v) is 3.66. The van der Waals surface area contributed by atoms with Crippen LogP contribution < -0.4 is 5.73 Å². The first-order valence-electron chi connectivity index (χ1n) is 5.34. The first kappa shape index (κ1) is 12.1. The Hall–Kier alpha value is 0.0700. The lowest BCUT2D eigenvalue weighted by molar-refractivity contribution is 0.0991. The van der Waals surface area contributed by atoms with E-state index in [0.717, 1.165) is 32.5 Å². The second kappa shape index (κ2) is 5.83. The van der Waals surface area contributed by atoms with Crippen LogP contribution in [0.3, 0.4) is 0 Å². The van der Waals surface area contributed by atoms with Crippen LogP contribution in [0.15, 0.2) is 0 Å². The summed E-state index contributed by atoms with van der Waals surface area (Å²) >= 11 is 0. The summed E-state index contributed by atoms with van der Waals surface area (Å²) in [4.78, 5) is 0. The fourth-order valence-electron chi connectivity index (χ4n) is 1.86. The third-order valence-electron chi connectivity index (χ3n) is 2.60. The van der Waals surface area contributed by atoms with Crippen molar-refractivity contribution in [3.8, 4) is 0 Å².